The molecule has 2 aliphatic heterocycles. The molecule has 0 bridgehead atoms. The van der Waals surface area contributed by atoms with Crippen LogP contribution in [0.15, 0.2) is 54.0 Å². The predicted octanol–water partition coefficient (Wildman–Crippen LogP) is 4.18. The summed E-state index contributed by atoms with van der Waals surface area (Å²) in [5.74, 6) is -0.390. The minimum atomic E-state index is -0.662. The first-order valence-electron chi connectivity index (χ1n) is 12.9. The van der Waals surface area contributed by atoms with Crippen LogP contribution in [0.5, 0.6) is 0 Å². The van der Waals surface area contributed by atoms with Crippen molar-refractivity contribution >= 4 is 40.4 Å². The van der Waals surface area contributed by atoms with Crippen LogP contribution in [0.2, 0.25) is 0 Å². The number of likely N-dealkylation sites (tertiary alicyclic amines) is 1. The van der Waals surface area contributed by atoms with E-state index >= 15 is 0 Å². The van der Waals surface area contributed by atoms with E-state index < -0.39 is 18.2 Å². The Morgan fingerprint density at radius 2 is 1.95 bits per heavy atom. The quantitative estimate of drug-likeness (QED) is 0.431. The Morgan fingerprint density at radius 3 is 2.61 bits per heavy atom. The van der Waals surface area contributed by atoms with Crippen LogP contribution >= 0.6 is 23.6 Å². The van der Waals surface area contributed by atoms with Crippen molar-refractivity contribution in [3.63, 3.8) is 0 Å². The second-order valence-corrected chi connectivity index (χ2v) is 11.7. The first-order valence-corrected chi connectivity index (χ1v) is 14.2. The Balaban J connectivity index is 1.27. The van der Waals surface area contributed by atoms with E-state index in [2.05, 4.69) is 34.6 Å². The van der Waals surface area contributed by atoms with Gasteiger partial charge in [-0.1, -0.05) is 68.5 Å². The fourth-order valence-electron chi connectivity index (χ4n) is 5.42. The Morgan fingerprint density at radius 1 is 1.21 bits per heavy atom. The summed E-state index contributed by atoms with van der Waals surface area (Å²) < 4.78 is 0. The molecule has 3 atom stereocenters. The summed E-state index contributed by atoms with van der Waals surface area (Å²) in [6.45, 7) is 7.04. The summed E-state index contributed by atoms with van der Waals surface area (Å²) >= 11 is 7.36. The smallest absolute Gasteiger partial charge is 0.255 e. The molecule has 0 radical (unpaired) electrons. The largest absolute Gasteiger partial charge is 0.391 e. The second-order valence-electron chi connectivity index (χ2n) is 10.4. The van der Waals surface area contributed by atoms with Gasteiger partial charge in [0.25, 0.3) is 5.91 Å². The topological polar surface area (TPSA) is 85.8 Å². The number of aliphatic hydroxyl groups is 1. The van der Waals surface area contributed by atoms with Crippen molar-refractivity contribution in [2.75, 3.05) is 6.54 Å². The average Bonchev–Trinajstić information content (AvgIpc) is 3.60. The highest BCUT2D eigenvalue weighted by Gasteiger charge is 2.44. The van der Waals surface area contributed by atoms with Crippen LogP contribution in [0.3, 0.4) is 0 Å². The number of aliphatic hydroxyl groups excluding tert-OH is 1. The highest BCUT2D eigenvalue weighted by atomic mass is 32.1. The number of nitrogens with zero attached hydrogens (tertiary/aromatic N) is 3. The fraction of sp³-hybridized carbons (Fsp3) is 0.379. The zero-order valence-corrected chi connectivity index (χ0v) is 23.4. The third kappa shape index (κ3) is 5.10. The van der Waals surface area contributed by atoms with Crippen LogP contribution in [0.25, 0.3) is 10.4 Å². The Labute approximate surface area is 232 Å². The van der Waals surface area contributed by atoms with E-state index in [4.69, 9.17) is 12.2 Å². The van der Waals surface area contributed by atoms with E-state index in [0.717, 1.165) is 27.3 Å². The molecule has 1 aromatic heterocycles. The molecule has 1 unspecified atom stereocenters. The molecule has 2 N–H and O–H groups in total. The molecule has 1 fully saturated rings. The number of aromatic nitrogens is 1. The molecule has 2 aliphatic rings. The third-order valence-electron chi connectivity index (χ3n) is 7.36. The van der Waals surface area contributed by atoms with Gasteiger partial charge in [-0.2, -0.15) is 0 Å². The van der Waals surface area contributed by atoms with Crippen molar-refractivity contribution in [1.82, 2.24) is 20.1 Å². The van der Waals surface area contributed by atoms with Gasteiger partial charge in [0.2, 0.25) is 5.91 Å². The number of thiazole rings is 1. The van der Waals surface area contributed by atoms with Gasteiger partial charge in [-0.05, 0) is 35.6 Å². The lowest BCUT2D eigenvalue weighted by Crippen LogP contribution is -2.55. The Kier molecular flexibility index (Phi) is 7.61. The molecule has 0 aliphatic carbocycles. The number of rotatable bonds is 7. The zero-order valence-electron chi connectivity index (χ0n) is 21.8. The number of thiocarbonyl (C=S) groups is 1. The molecule has 0 saturated carbocycles. The lowest BCUT2D eigenvalue weighted by Gasteiger charge is -2.35. The summed E-state index contributed by atoms with van der Waals surface area (Å²) in [6.07, 6.45) is -0.287. The molecule has 0 spiro atoms. The van der Waals surface area contributed by atoms with E-state index in [1.54, 1.807) is 21.1 Å². The van der Waals surface area contributed by atoms with Gasteiger partial charge in [-0.3, -0.25) is 9.59 Å². The molecule has 3 aromatic rings. The van der Waals surface area contributed by atoms with Crippen molar-refractivity contribution in [2.45, 2.75) is 58.5 Å². The van der Waals surface area contributed by atoms with Crippen LogP contribution < -0.4 is 5.32 Å². The fourth-order valence-corrected chi connectivity index (χ4v) is 6.52. The normalized spacial score (nSPS) is 19.7. The molecular weight excluding hydrogens is 516 g/mol. The second kappa shape index (κ2) is 10.9. The van der Waals surface area contributed by atoms with Gasteiger partial charge >= 0.3 is 0 Å². The molecule has 3 heterocycles. The van der Waals surface area contributed by atoms with Crippen molar-refractivity contribution in [3.05, 3.63) is 76.4 Å². The lowest BCUT2D eigenvalue weighted by atomic mass is 10.0. The molecule has 2 aromatic carbocycles. The van der Waals surface area contributed by atoms with E-state index in [0.29, 0.717) is 30.1 Å². The Hall–Kier alpha value is -3.14. The van der Waals surface area contributed by atoms with Gasteiger partial charge in [-0.25, -0.2) is 4.98 Å². The zero-order chi connectivity index (χ0) is 27.0. The molecule has 5 rings (SSSR count). The van der Waals surface area contributed by atoms with Gasteiger partial charge in [-0.15, -0.1) is 11.3 Å². The summed E-state index contributed by atoms with van der Waals surface area (Å²) in [6, 6.07) is 14.7. The van der Waals surface area contributed by atoms with Crippen molar-refractivity contribution < 1.29 is 14.7 Å². The maximum Gasteiger partial charge on any atom is 0.255 e. The summed E-state index contributed by atoms with van der Waals surface area (Å²) in [4.78, 5) is 36.4. The van der Waals surface area contributed by atoms with Crippen LogP contribution in [0.4, 0.5) is 0 Å². The maximum atomic E-state index is 13.9. The number of carbonyl (C=O) groups is 2. The van der Waals surface area contributed by atoms with Gasteiger partial charge < -0.3 is 20.2 Å². The van der Waals surface area contributed by atoms with E-state index in [1.165, 1.54) is 0 Å². The Bertz CT molecular complexity index is 1350. The standard InChI is InChI=1S/C29H32N4O3S2/c1-17(2)25(33-14-21-6-4-5-7-23(21)28(33)35)29(36)32-15-22(34)12-24(32)27(37)30-13-19-8-10-20(11-9-19)26-18(3)31-16-38-26/h4-11,16-17,22,24-25,34H,12-15H2,1-3H3,(H,30,37)/t22-,24+,25?/m1/s1. The number of hydrogen-bond donors (Lipinski definition) is 2. The number of β-amino-alcohol motifs (C(OH)–C–C–N with tert-alkyl or cyclic N) is 1. The molecule has 2 amide bonds. The number of hydrogen-bond acceptors (Lipinski definition) is 6. The van der Waals surface area contributed by atoms with Crippen LogP contribution in [0.1, 0.15) is 47.4 Å². The number of aryl methyl sites for hydroxylation is 1. The van der Waals surface area contributed by atoms with Crippen molar-refractivity contribution in [1.29, 1.82) is 0 Å². The van der Waals surface area contributed by atoms with Gasteiger partial charge in [0.05, 0.1) is 33.2 Å². The number of amides is 2. The highest BCUT2D eigenvalue weighted by Crippen LogP contribution is 2.31. The monoisotopic (exact) mass is 548 g/mol. The first kappa shape index (κ1) is 26.5. The molecule has 1 saturated heterocycles. The van der Waals surface area contributed by atoms with Gasteiger partial charge in [0.15, 0.2) is 0 Å². The molecular formula is C29H32N4O3S2. The maximum absolute atomic E-state index is 13.9. The van der Waals surface area contributed by atoms with Gasteiger partial charge in [0.1, 0.15) is 6.04 Å². The molecule has 9 heteroatoms. The van der Waals surface area contributed by atoms with Crippen molar-refractivity contribution in [2.24, 2.45) is 5.92 Å². The SMILES string of the molecule is Cc1ncsc1-c1ccc(CNC(=S)[C@@H]2C[C@@H](O)CN2C(=O)C(C(C)C)N2Cc3ccccc3C2=O)cc1. The number of carbonyl (C=O) groups excluding carboxylic acids is 2. The van der Waals surface area contributed by atoms with Crippen LogP contribution in [-0.4, -0.2) is 61.4 Å². The van der Waals surface area contributed by atoms with Gasteiger partial charge in [0, 0.05) is 31.6 Å². The predicted molar refractivity (Wildman–Crippen MR) is 153 cm³/mol. The van der Waals surface area contributed by atoms with E-state index in [-0.39, 0.29) is 24.3 Å². The summed E-state index contributed by atoms with van der Waals surface area (Å²) in [5, 5.41) is 13.8. The third-order valence-corrected chi connectivity index (χ3v) is 8.76. The summed E-state index contributed by atoms with van der Waals surface area (Å²) in [5.41, 5.74) is 6.65. The van der Waals surface area contributed by atoms with E-state index in [9.17, 15) is 14.7 Å². The summed E-state index contributed by atoms with van der Waals surface area (Å²) in [7, 11) is 0. The van der Waals surface area contributed by atoms with Crippen LogP contribution in [-0.2, 0) is 17.9 Å². The highest BCUT2D eigenvalue weighted by molar-refractivity contribution is 7.80. The molecule has 38 heavy (non-hydrogen) atoms. The lowest BCUT2D eigenvalue weighted by molar-refractivity contribution is -0.138. The minimum Gasteiger partial charge on any atom is -0.391 e. The average molecular weight is 549 g/mol. The van der Waals surface area contributed by atoms with Crippen LogP contribution in [0, 0.1) is 12.8 Å². The van der Waals surface area contributed by atoms with Crippen molar-refractivity contribution in [3.8, 4) is 10.4 Å². The number of fused-ring (bicyclic) bond motifs is 1. The first-order chi connectivity index (χ1) is 18.2. The molecule has 198 valence electrons. The number of nitrogens with one attached hydrogen (secondary N) is 1. The number of benzene rings is 2. The molecule has 7 nitrogen and oxygen atoms in total. The minimum absolute atomic E-state index is 0.0959. The van der Waals surface area contributed by atoms with E-state index in [1.807, 2.05) is 50.5 Å².